The molecule has 152 valence electrons. The molecule has 1 N–H and O–H groups in total. The van der Waals surface area contributed by atoms with E-state index in [-0.39, 0.29) is 0 Å². The number of fused-ring (bicyclic) bond motifs is 3. The first-order valence-corrected chi connectivity index (χ1v) is 10.9. The van der Waals surface area contributed by atoms with Gasteiger partial charge in [-0.3, -0.25) is 0 Å². The number of anilines is 2. The van der Waals surface area contributed by atoms with Crippen LogP contribution in [0.1, 0.15) is 0 Å². The largest absolute Gasteiger partial charge is 0.355 e. The fourth-order valence-electron chi connectivity index (χ4n) is 4.54. The number of benzene rings is 5. The summed E-state index contributed by atoms with van der Waals surface area (Å²) in [5.41, 5.74) is 8.13. The monoisotopic (exact) mass is 410 g/mol. The van der Waals surface area contributed by atoms with E-state index in [9.17, 15) is 0 Å². The number of nitrogens with zero attached hydrogens (tertiary/aromatic N) is 1. The Kier molecular flexibility index (Phi) is 4.47. The van der Waals surface area contributed by atoms with Crippen LogP contribution >= 0.6 is 0 Å². The van der Waals surface area contributed by atoms with E-state index in [2.05, 4.69) is 137 Å². The molecule has 2 heteroatoms. The van der Waals surface area contributed by atoms with E-state index in [0.29, 0.717) is 0 Å². The lowest BCUT2D eigenvalue weighted by molar-refractivity contribution is 1.18. The van der Waals surface area contributed by atoms with Gasteiger partial charge in [0.25, 0.3) is 0 Å². The minimum absolute atomic E-state index is 1.06. The Labute approximate surface area is 187 Å². The summed E-state index contributed by atoms with van der Waals surface area (Å²) in [6, 6.07) is 44.8. The molecule has 5 aromatic carbocycles. The molecule has 1 heterocycles. The lowest BCUT2D eigenvalue weighted by Gasteiger charge is -2.14. The molecule has 0 unspecified atom stereocenters. The fraction of sp³-hybridized carbons (Fsp3) is 0. The molecule has 0 spiro atoms. The molecular formula is C30H22N2. The Bertz CT molecular complexity index is 1490. The number of nitrogens with one attached hydrogen (secondary N) is 1. The quantitative estimate of drug-likeness (QED) is 0.310. The topological polar surface area (TPSA) is 17.0 Å². The Hall–Kier alpha value is -4.30. The van der Waals surface area contributed by atoms with Gasteiger partial charge >= 0.3 is 0 Å². The lowest BCUT2D eigenvalue weighted by Crippen LogP contribution is -1.97. The van der Waals surface area contributed by atoms with Crippen LogP contribution in [0.4, 0.5) is 11.4 Å². The summed E-state index contributed by atoms with van der Waals surface area (Å²) >= 11 is 0. The summed E-state index contributed by atoms with van der Waals surface area (Å²) in [7, 11) is 0. The molecule has 0 radical (unpaired) electrons. The van der Waals surface area contributed by atoms with E-state index in [1.165, 1.54) is 32.9 Å². The van der Waals surface area contributed by atoms with Crippen molar-refractivity contribution < 1.29 is 0 Å². The molecule has 0 aliphatic rings. The molecule has 0 aliphatic carbocycles. The third-order valence-corrected chi connectivity index (χ3v) is 5.98. The molecule has 0 aliphatic heterocycles. The number of hydrogen-bond donors (Lipinski definition) is 1. The van der Waals surface area contributed by atoms with Crippen molar-refractivity contribution in [2.24, 2.45) is 0 Å². The maximum Gasteiger partial charge on any atom is 0.0541 e. The van der Waals surface area contributed by atoms with Gasteiger partial charge in [0.05, 0.1) is 11.0 Å². The van der Waals surface area contributed by atoms with Crippen LogP contribution in [0.5, 0.6) is 0 Å². The van der Waals surface area contributed by atoms with E-state index in [4.69, 9.17) is 0 Å². The summed E-state index contributed by atoms with van der Waals surface area (Å²) in [5, 5.41) is 6.20. The van der Waals surface area contributed by atoms with Crippen molar-refractivity contribution in [2.45, 2.75) is 0 Å². The van der Waals surface area contributed by atoms with E-state index >= 15 is 0 Å². The third-order valence-electron chi connectivity index (χ3n) is 5.98. The highest BCUT2D eigenvalue weighted by Gasteiger charge is 2.12. The van der Waals surface area contributed by atoms with Gasteiger partial charge in [0.1, 0.15) is 0 Å². The van der Waals surface area contributed by atoms with E-state index in [0.717, 1.165) is 17.1 Å². The smallest absolute Gasteiger partial charge is 0.0541 e. The van der Waals surface area contributed by atoms with Crippen molar-refractivity contribution in [3.8, 4) is 16.8 Å². The summed E-state index contributed by atoms with van der Waals surface area (Å²) < 4.78 is 2.35. The Morgan fingerprint density at radius 3 is 1.88 bits per heavy atom. The highest BCUT2D eigenvalue weighted by Crippen LogP contribution is 2.34. The summed E-state index contributed by atoms with van der Waals surface area (Å²) in [5.74, 6) is 0. The standard InChI is InChI=1S/C30H22N2/c1-2-11-22(12-3-1)25-15-4-7-18-28(25)31-23-13-10-14-24(21-23)32-29-19-8-5-16-26(29)27-17-6-9-20-30(27)32/h1-21,31H. The SMILES string of the molecule is c1ccc(-c2ccccc2Nc2cccc(-n3c4ccccc4c4ccccc43)c2)cc1. The first-order valence-electron chi connectivity index (χ1n) is 10.9. The fourth-order valence-corrected chi connectivity index (χ4v) is 4.54. The van der Waals surface area contributed by atoms with Crippen molar-refractivity contribution in [1.29, 1.82) is 0 Å². The van der Waals surface area contributed by atoms with Crippen molar-refractivity contribution in [3.63, 3.8) is 0 Å². The molecule has 0 saturated heterocycles. The van der Waals surface area contributed by atoms with Gasteiger partial charge < -0.3 is 9.88 Å². The van der Waals surface area contributed by atoms with Gasteiger partial charge in [-0.15, -0.1) is 0 Å². The predicted octanol–water partition coefficient (Wildman–Crippen LogP) is 8.19. The predicted molar refractivity (Wildman–Crippen MR) is 136 cm³/mol. The van der Waals surface area contributed by atoms with Crippen molar-refractivity contribution in [1.82, 2.24) is 4.57 Å². The number of aromatic nitrogens is 1. The van der Waals surface area contributed by atoms with Gasteiger partial charge in [0.2, 0.25) is 0 Å². The first-order chi connectivity index (χ1) is 15.9. The second kappa shape index (κ2) is 7.75. The number of para-hydroxylation sites is 3. The third kappa shape index (κ3) is 3.14. The van der Waals surface area contributed by atoms with Crippen LogP contribution < -0.4 is 5.32 Å². The van der Waals surface area contributed by atoms with Crippen molar-refractivity contribution in [2.75, 3.05) is 5.32 Å². The van der Waals surface area contributed by atoms with Crippen molar-refractivity contribution in [3.05, 3.63) is 127 Å². The molecule has 2 nitrogen and oxygen atoms in total. The van der Waals surface area contributed by atoms with Crippen LogP contribution in [0.2, 0.25) is 0 Å². The van der Waals surface area contributed by atoms with E-state index in [1.807, 2.05) is 0 Å². The molecule has 1 aromatic heterocycles. The van der Waals surface area contributed by atoms with Gasteiger partial charge in [-0.25, -0.2) is 0 Å². The van der Waals surface area contributed by atoms with Crippen LogP contribution in [0.3, 0.4) is 0 Å². The van der Waals surface area contributed by atoms with E-state index in [1.54, 1.807) is 0 Å². The average molecular weight is 411 g/mol. The molecule has 0 atom stereocenters. The molecular weight excluding hydrogens is 388 g/mol. The van der Waals surface area contributed by atoms with Gasteiger partial charge in [-0.05, 0) is 42.0 Å². The molecule has 0 fully saturated rings. The Morgan fingerprint density at radius 1 is 0.500 bits per heavy atom. The summed E-state index contributed by atoms with van der Waals surface area (Å²) in [6.45, 7) is 0. The highest BCUT2D eigenvalue weighted by molar-refractivity contribution is 6.09. The highest BCUT2D eigenvalue weighted by atomic mass is 15.0. The maximum absolute atomic E-state index is 3.66. The van der Waals surface area contributed by atoms with Gasteiger partial charge in [-0.2, -0.15) is 0 Å². The van der Waals surface area contributed by atoms with Crippen LogP contribution in [0, 0.1) is 0 Å². The van der Waals surface area contributed by atoms with Crippen LogP contribution in [-0.4, -0.2) is 4.57 Å². The lowest BCUT2D eigenvalue weighted by atomic mass is 10.0. The summed E-state index contributed by atoms with van der Waals surface area (Å²) in [6.07, 6.45) is 0. The van der Waals surface area contributed by atoms with Crippen LogP contribution in [0.25, 0.3) is 38.6 Å². The number of rotatable bonds is 4. The molecule has 6 aromatic rings. The van der Waals surface area contributed by atoms with Crippen molar-refractivity contribution >= 4 is 33.2 Å². The van der Waals surface area contributed by atoms with Crippen LogP contribution in [0.15, 0.2) is 127 Å². The molecule has 0 amide bonds. The van der Waals surface area contributed by atoms with Gasteiger partial charge in [0, 0.05) is 33.4 Å². The van der Waals surface area contributed by atoms with Gasteiger partial charge in [-0.1, -0.05) is 91.0 Å². The van der Waals surface area contributed by atoms with Gasteiger partial charge in [0.15, 0.2) is 0 Å². The average Bonchev–Trinajstić information content (AvgIpc) is 3.20. The Balaban J connectivity index is 1.46. The summed E-state index contributed by atoms with van der Waals surface area (Å²) in [4.78, 5) is 0. The Morgan fingerprint density at radius 2 is 1.12 bits per heavy atom. The zero-order valence-electron chi connectivity index (χ0n) is 17.6. The maximum atomic E-state index is 3.66. The minimum atomic E-state index is 1.06. The zero-order valence-corrected chi connectivity index (χ0v) is 17.6. The minimum Gasteiger partial charge on any atom is -0.355 e. The molecule has 0 bridgehead atoms. The van der Waals surface area contributed by atoms with E-state index < -0.39 is 0 Å². The molecule has 32 heavy (non-hydrogen) atoms. The van der Waals surface area contributed by atoms with Crippen LogP contribution in [-0.2, 0) is 0 Å². The first kappa shape index (κ1) is 18.5. The normalized spacial score (nSPS) is 11.1. The molecule has 6 rings (SSSR count). The zero-order chi connectivity index (χ0) is 21.3. The second-order valence-electron chi connectivity index (χ2n) is 7.96. The number of hydrogen-bond acceptors (Lipinski definition) is 1. The molecule has 0 saturated carbocycles. The second-order valence-corrected chi connectivity index (χ2v) is 7.96.